The van der Waals surface area contributed by atoms with Crippen LogP contribution in [0.5, 0.6) is 0 Å². The maximum Gasteiger partial charge on any atom is 0.334 e. The number of aromatic nitrogens is 1. The largest absolute Gasteiger partial charge is 0.479 e. The molecule has 3 rings (SSSR count). The molecule has 0 aliphatic carbocycles. The fraction of sp³-hybridized carbons (Fsp3) is 0.240. The highest BCUT2D eigenvalue weighted by molar-refractivity contribution is 5.96. The van der Waals surface area contributed by atoms with Crippen LogP contribution < -0.4 is 5.32 Å². The summed E-state index contributed by atoms with van der Waals surface area (Å²) >= 11 is 0. The topological polar surface area (TPSA) is 99.5 Å². The van der Waals surface area contributed by atoms with Crippen molar-refractivity contribution >= 4 is 11.9 Å². The Morgan fingerprint density at radius 1 is 1.00 bits per heavy atom. The molecule has 6 heteroatoms. The summed E-state index contributed by atoms with van der Waals surface area (Å²) in [6.45, 7) is 4.16. The van der Waals surface area contributed by atoms with E-state index in [-0.39, 0.29) is 12.3 Å². The normalized spacial score (nSPS) is 12.9. The lowest BCUT2D eigenvalue weighted by atomic mass is 9.91. The first-order valence-electron chi connectivity index (χ1n) is 10.2. The van der Waals surface area contributed by atoms with E-state index < -0.39 is 24.0 Å². The summed E-state index contributed by atoms with van der Waals surface area (Å²) in [6, 6.07) is 17.4. The summed E-state index contributed by atoms with van der Waals surface area (Å²) in [7, 11) is 0. The number of aliphatic hydroxyl groups is 1. The van der Waals surface area contributed by atoms with Crippen LogP contribution in [-0.4, -0.2) is 39.2 Å². The SMILES string of the molecule is CC(C)c1ccc(C(=O)N[C@H](Cc2ccccc2)[C@@H](O)C(=O)O)cc1-c1ccncc1. The number of hydrogen-bond acceptors (Lipinski definition) is 4. The van der Waals surface area contributed by atoms with Gasteiger partial charge in [0.25, 0.3) is 5.91 Å². The molecule has 0 aliphatic rings. The van der Waals surface area contributed by atoms with Crippen molar-refractivity contribution in [3.8, 4) is 11.1 Å². The van der Waals surface area contributed by atoms with Crippen molar-refractivity contribution in [2.24, 2.45) is 0 Å². The van der Waals surface area contributed by atoms with E-state index in [1.807, 2.05) is 48.5 Å². The van der Waals surface area contributed by atoms with E-state index in [2.05, 4.69) is 24.1 Å². The molecular weight excluding hydrogens is 392 g/mol. The lowest BCUT2D eigenvalue weighted by Crippen LogP contribution is -2.48. The van der Waals surface area contributed by atoms with E-state index in [0.29, 0.717) is 5.56 Å². The van der Waals surface area contributed by atoms with Gasteiger partial charge in [-0.1, -0.05) is 50.2 Å². The van der Waals surface area contributed by atoms with Crippen LogP contribution in [0.15, 0.2) is 73.1 Å². The highest BCUT2D eigenvalue weighted by Gasteiger charge is 2.28. The number of rotatable bonds is 8. The second-order valence-electron chi connectivity index (χ2n) is 7.75. The summed E-state index contributed by atoms with van der Waals surface area (Å²) in [5.74, 6) is -1.57. The van der Waals surface area contributed by atoms with E-state index in [0.717, 1.165) is 22.3 Å². The molecule has 31 heavy (non-hydrogen) atoms. The van der Waals surface area contributed by atoms with Crippen LogP contribution in [0.3, 0.4) is 0 Å². The van der Waals surface area contributed by atoms with Crippen LogP contribution in [0.2, 0.25) is 0 Å². The Morgan fingerprint density at radius 2 is 1.68 bits per heavy atom. The molecule has 160 valence electrons. The molecular formula is C25H26N2O4. The summed E-state index contributed by atoms with van der Waals surface area (Å²) in [4.78, 5) is 28.5. The van der Waals surface area contributed by atoms with Crippen LogP contribution in [-0.2, 0) is 11.2 Å². The van der Waals surface area contributed by atoms with E-state index in [1.54, 1.807) is 24.5 Å². The first-order valence-corrected chi connectivity index (χ1v) is 10.2. The quantitative estimate of drug-likeness (QED) is 0.518. The number of benzene rings is 2. The van der Waals surface area contributed by atoms with Crippen molar-refractivity contribution in [1.29, 1.82) is 0 Å². The Labute approximate surface area is 181 Å². The number of hydrogen-bond donors (Lipinski definition) is 3. The highest BCUT2D eigenvalue weighted by atomic mass is 16.4. The second-order valence-corrected chi connectivity index (χ2v) is 7.75. The number of aliphatic carboxylic acids is 1. The summed E-state index contributed by atoms with van der Waals surface area (Å²) < 4.78 is 0. The third kappa shape index (κ3) is 5.55. The van der Waals surface area contributed by atoms with Gasteiger partial charge in [0, 0.05) is 18.0 Å². The summed E-state index contributed by atoms with van der Waals surface area (Å²) in [5.41, 5.74) is 4.17. The molecule has 0 radical (unpaired) electrons. The van der Waals surface area contributed by atoms with E-state index >= 15 is 0 Å². The molecule has 0 fully saturated rings. The smallest absolute Gasteiger partial charge is 0.334 e. The van der Waals surface area contributed by atoms with Gasteiger partial charge < -0.3 is 15.5 Å². The third-order valence-corrected chi connectivity index (χ3v) is 5.18. The molecule has 6 nitrogen and oxygen atoms in total. The minimum atomic E-state index is -1.72. The number of nitrogens with one attached hydrogen (secondary N) is 1. The zero-order valence-electron chi connectivity index (χ0n) is 17.5. The third-order valence-electron chi connectivity index (χ3n) is 5.18. The number of pyridine rings is 1. The molecule has 1 heterocycles. The average Bonchev–Trinajstić information content (AvgIpc) is 2.78. The van der Waals surface area contributed by atoms with Crippen molar-refractivity contribution in [1.82, 2.24) is 10.3 Å². The Hall–Kier alpha value is -3.51. The average molecular weight is 418 g/mol. The van der Waals surface area contributed by atoms with Gasteiger partial charge in [-0.05, 0) is 58.9 Å². The molecule has 0 aliphatic heterocycles. The fourth-order valence-electron chi connectivity index (χ4n) is 3.52. The second kappa shape index (κ2) is 10.00. The minimum absolute atomic E-state index is 0.196. The molecule has 0 saturated heterocycles. The van der Waals surface area contributed by atoms with Crippen LogP contribution in [0.25, 0.3) is 11.1 Å². The molecule has 0 spiro atoms. The van der Waals surface area contributed by atoms with Crippen molar-refractivity contribution in [3.05, 3.63) is 89.7 Å². The Bertz CT molecular complexity index is 1040. The fourth-order valence-corrected chi connectivity index (χ4v) is 3.52. The van der Waals surface area contributed by atoms with Crippen molar-refractivity contribution < 1.29 is 19.8 Å². The number of carbonyl (C=O) groups excluding carboxylic acids is 1. The predicted molar refractivity (Wildman–Crippen MR) is 119 cm³/mol. The van der Waals surface area contributed by atoms with Gasteiger partial charge in [-0.3, -0.25) is 9.78 Å². The van der Waals surface area contributed by atoms with Gasteiger partial charge in [-0.25, -0.2) is 4.79 Å². The van der Waals surface area contributed by atoms with Crippen molar-refractivity contribution in [2.45, 2.75) is 38.3 Å². The zero-order chi connectivity index (χ0) is 22.4. The number of amides is 1. The number of carbonyl (C=O) groups is 2. The van der Waals surface area contributed by atoms with Gasteiger partial charge in [0.05, 0.1) is 6.04 Å². The maximum atomic E-state index is 13.0. The molecule has 3 aromatic rings. The Morgan fingerprint density at radius 3 is 2.29 bits per heavy atom. The van der Waals surface area contributed by atoms with Crippen molar-refractivity contribution in [3.63, 3.8) is 0 Å². The van der Waals surface area contributed by atoms with E-state index in [4.69, 9.17) is 0 Å². The molecule has 2 atom stereocenters. The molecule has 0 bridgehead atoms. The number of carboxylic acids is 1. The lowest BCUT2D eigenvalue weighted by molar-refractivity contribution is -0.148. The van der Waals surface area contributed by atoms with E-state index in [1.165, 1.54) is 0 Å². The van der Waals surface area contributed by atoms with Gasteiger partial charge in [-0.15, -0.1) is 0 Å². The Balaban J connectivity index is 1.90. The molecule has 1 amide bonds. The van der Waals surface area contributed by atoms with Gasteiger partial charge >= 0.3 is 5.97 Å². The minimum Gasteiger partial charge on any atom is -0.479 e. The molecule has 0 saturated carbocycles. The van der Waals surface area contributed by atoms with Crippen molar-refractivity contribution in [2.75, 3.05) is 0 Å². The van der Waals surface area contributed by atoms with Crippen LogP contribution in [0.1, 0.15) is 41.3 Å². The van der Waals surface area contributed by atoms with Gasteiger partial charge in [0.15, 0.2) is 6.10 Å². The van der Waals surface area contributed by atoms with Crippen LogP contribution >= 0.6 is 0 Å². The standard InChI is InChI=1S/C25H26N2O4/c1-16(2)20-9-8-19(15-21(20)18-10-12-26-13-11-18)24(29)27-22(23(28)25(30)31)14-17-6-4-3-5-7-17/h3-13,15-16,22-23,28H,14H2,1-2H3,(H,27,29)(H,30,31)/t22-,23-/m1/s1. The number of nitrogens with zero attached hydrogens (tertiary/aromatic N) is 1. The molecule has 3 N–H and O–H groups in total. The monoisotopic (exact) mass is 418 g/mol. The van der Waals surface area contributed by atoms with Gasteiger partial charge in [0.1, 0.15) is 0 Å². The first-order chi connectivity index (χ1) is 14.9. The summed E-state index contributed by atoms with van der Waals surface area (Å²) in [6.07, 6.45) is 1.87. The molecule has 2 aromatic carbocycles. The number of carboxylic acid groups (broad SMARTS) is 1. The predicted octanol–water partition coefficient (Wildman–Crippen LogP) is 3.66. The van der Waals surface area contributed by atoms with Crippen LogP contribution in [0, 0.1) is 0 Å². The van der Waals surface area contributed by atoms with Crippen LogP contribution in [0.4, 0.5) is 0 Å². The highest BCUT2D eigenvalue weighted by Crippen LogP contribution is 2.30. The molecule has 0 unspecified atom stereocenters. The first kappa shape index (κ1) is 22.2. The zero-order valence-corrected chi connectivity index (χ0v) is 17.5. The Kier molecular flexibility index (Phi) is 7.15. The number of aliphatic hydroxyl groups excluding tert-OH is 1. The molecule has 1 aromatic heterocycles. The van der Waals surface area contributed by atoms with Gasteiger partial charge in [-0.2, -0.15) is 0 Å². The lowest BCUT2D eigenvalue weighted by Gasteiger charge is -2.22. The summed E-state index contributed by atoms with van der Waals surface area (Å²) in [5, 5.41) is 22.2. The van der Waals surface area contributed by atoms with Gasteiger partial charge in [0.2, 0.25) is 0 Å². The van der Waals surface area contributed by atoms with E-state index in [9.17, 15) is 19.8 Å². The maximum absolute atomic E-state index is 13.0.